The number of benzene rings is 3. The minimum Gasteiger partial charge on any atom is -0.495 e. The van der Waals surface area contributed by atoms with E-state index in [2.05, 4.69) is 16.0 Å². The fourth-order valence-electron chi connectivity index (χ4n) is 3.49. The molecule has 0 saturated heterocycles. The van der Waals surface area contributed by atoms with Crippen LogP contribution in [0.15, 0.2) is 60.7 Å². The molecule has 158 valence electrons. The Labute approximate surface area is 185 Å². The van der Waals surface area contributed by atoms with E-state index in [0.29, 0.717) is 21.9 Å². The second-order valence-corrected chi connectivity index (χ2v) is 7.68. The standard InChI is InChI=1S/C24H22ClN3O3/c1-31-22-8-6-17(11-21(22)25)23(29)27-12-15-3-2-4-16(9-15)24(30)28-20-7-5-18-13-26-14-19(18)10-20/h2-11,26H,12-14H2,1H3,(H,27,29)(H,28,30). The van der Waals surface area contributed by atoms with Gasteiger partial charge in [0.05, 0.1) is 12.1 Å². The maximum absolute atomic E-state index is 12.7. The first-order valence-corrected chi connectivity index (χ1v) is 10.3. The highest BCUT2D eigenvalue weighted by molar-refractivity contribution is 6.32. The zero-order valence-electron chi connectivity index (χ0n) is 17.0. The van der Waals surface area contributed by atoms with E-state index in [1.54, 1.807) is 36.4 Å². The zero-order chi connectivity index (χ0) is 21.8. The van der Waals surface area contributed by atoms with Crippen LogP contribution < -0.4 is 20.7 Å². The third-order valence-electron chi connectivity index (χ3n) is 5.15. The minimum absolute atomic E-state index is 0.194. The first-order chi connectivity index (χ1) is 15.0. The highest BCUT2D eigenvalue weighted by Crippen LogP contribution is 2.25. The van der Waals surface area contributed by atoms with Gasteiger partial charge in [0.1, 0.15) is 5.75 Å². The van der Waals surface area contributed by atoms with Crippen LogP contribution in [0, 0.1) is 0 Å². The minimum atomic E-state index is -0.258. The van der Waals surface area contributed by atoms with Gasteiger partial charge in [-0.1, -0.05) is 29.8 Å². The summed E-state index contributed by atoms with van der Waals surface area (Å²) in [6.07, 6.45) is 0. The van der Waals surface area contributed by atoms with Crippen molar-refractivity contribution in [3.63, 3.8) is 0 Å². The van der Waals surface area contributed by atoms with Crippen LogP contribution in [0.2, 0.25) is 5.02 Å². The fourth-order valence-corrected chi connectivity index (χ4v) is 3.75. The SMILES string of the molecule is COc1ccc(C(=O)NCc2cccc(C(=O)Nc3ccc4c(c3)CNC4)c2)cc1Cl. The van der Waals surface area contributed by atoms with E-state index in [-0.39, 0.29) is 18.4 Å². The third kappa shape index (κ3) is 4.87. The van der Waals surface area contributed by atoms with E-state index < -0.39 is 0 Å². The predicted octanol–water partition coefficient (Wildman–Crippen LogP) is 4.13. The summed E-state index contributed by atoms with van der Waals surface area (Å²) in [6.45, 7) is 1.96. The van der Waals surface area contributed by atoms with Crippen LogP contribution in [0.1, 0.15) is 37.4 Å². The van der Waals surface area contributed by atoms with Gasteiger partial charge in [0.2, 0.25) is 0 Å². The normalized spacial score (nSPS) is 12.2. The Balaban J connectivity index is 1.39. The lowest BCUT2D eigenvalue weighted by Crippen LogP contribution is -2.23. The molecule has 3 aromatic carbocycles. The quantitative estimate of drug-likeness (QED) is 0.543. The van der Waals surface area contributed by atoms with Crippen molar-refractivity contribution in [1.82, 2.24) is 10.6 Å². The van der Waals surface area contributed by atoms with E-state index in [1.807, 2.05) is 24.3 Å². The molecule has 0 radical (unpaired) electrons. The van der Waals surface area contributed by atoms with Crippen LogP contribution in [0.4, 0.5) is 5.69 Å². The van der Waals surface area contributed by atoms with Crippen molar-refractivity contribution in [2.45, 2.75) is 19.6 Å². The Bertz CT molecular complexity index is 1150. The molecule has 1 heterocycles. The Morgan fingerprint density at radius 3 is 2.58 bits per heavy atom. The topological polar surface area (TPSA) is 79.5 Å². The molecule has 0 saturated carbocycles. The second kappa shape index (κ2) is 9.20. The molecule has 7 heteroatoms. The number of fused-ring (bicyclic) bond motifs is 1. The number of carbonyl (C=O) groups is 2. The van der Waals surface area contributed by atoms with Crippen molar-refractivity contribution in [2.75, 3.05) is 12.4 Å². The van der Waals surface area contributed by atoms with Crippen LogP contribution >= 0.6 is 11.6 Å². The van der Waals surface area contributed by atoms with Gasteiger partial charge in [-0.15, -0.1) is 0 Å². The predicted molar refractivity (Wildman–Crippen MR) is 121 cm³/mol. The molecule has 0 aromatic heterocycles. The van der Waals surface area contributed by atoms with E-state index in [1.165, 1.54) is 18.2 Å². The Kier molecular flexibility index (Phi) is 6.21. The average Bonchev–Trinajstić information content (AvgIpc) is 3.25. The molecule has 1 aliphatic heterocycles. The van der Waals surface area contributed by atoms with Gasteiger partial charge < -0.3 is 20.7 Å². The summed E-state index contributed by atoms with van der Waals surface area (Å²) in [6, 6.07) is 18.0. The van der Waals surface area contributed by atoms with Gasteiger partial charge in [0, 0.05) is 36.4 Å². The van der Waals surface area contributed by atoms with Gasteiger partial charge in [0.15, 0.2) is 0 Å². The van der Waals surface area contributed by atoms with Gasteiger partial charge in [0.25, 0.3) is 11.8 Å². The number of amides is 2. The summed E-state index contributed by atoms with van der Waals surface area (Å²) in [5, 5.41) is 9.45. The molecule has 4 rings (SSSR count). The van der Waals surface area contributed by atoms with Gasteiger partial charge in [-0.05, 0) is 59.2 Å². The zero-order valence-corrected chi connectivity index (χ0v) is 17.8. The monoisotopic (exact) mass is 435 g/mol. The number of methoxy groups -OCH3 is 1. The lowest BCUT2D eigenvalue weighted by molar-refractivity contribution is 0.0950. The van der Waals surface area contributed by atoms with Crippen molar-refractivity contribution in [1.29, 1.82) is 0 Å². The van der Waals surface area contributed by atoms with Crippen molar-refractivity contribution >= 4 is 29.1 Å². The highest BCUT2D eigenvalue weighted by Gasteiger charge is 2.13. The number of carbonyl (C=O) groups excluding carboxylic acids is 2. The first-order valence-electron chi connectivity index (χ1n) is 9.88. The van der Waals surface area contributed by atoms with E-state index >= 15 is 0 Å². The summed E-state index contributed by atoms with van der Waals surface area (Å²) >= 11 is 6.09. The molecule has 0 bridgehead atoms. The maximum atomic E-state index is 12.7. The summed E-state index contributed by atoms with van der Waals surface area (Å²) in [7, 11) is 1.52. The molecule has 3 aromatic rings. The smallest absolute Gasteiger partial charge is 0.255 e. The van der Waals surface area contributed by atoms with Gasteiger partial charge in [-0.3, -0.25) is 9.59 Å². The maximum Gasteiger partial charge on any atom is 0.255 e. The molecule has 31 heavy (non-hydrogen) atoms. The molecular weight excluding hydrogens is 414 g/mol. The van der Waals surface area contributed by atoms with E-state index in [9.17, 15) is 9.59 Å². The third-order valence-corrected chi connectivity index (χ3v) is 5.45. The molecule has 1 aliphatic rings. The molecule has 3 N–H and O–H groups in total. The summed E-state index contributed by atoms with van der Waals surface area (Å²) < 4.78 is 5.10. The van der Waals surface area contributed by atoms with Crippen LogP contribution in [0.3, 0.4) is 0 Å². The number of ether oxygens (including phenoxy) is 1. The van der Waals surface area contributed by atoms with Crippen molar-refractivity contribution < 1.29 is 14.3 Å². The summed E-state index contributed by atoms with van der Waals surface area (Å²) in [5.74, 6) is 0.0590. The molecular formula is C24H22ClN3O3. The molecule has 0 fully saturated rings. The van der Waals surface area contributed by atoms with Crippen LogP contribution in [0.5, 0.6) is 5.75 Å². The Hall–Kier alpha value is -3.35. The Morgan fingerprint density at radius 2 is 1.77 bits per heavy atom. The van der Waals surface area contributed by atoms with Crippen molar-refractivity contribution in [2.24, 2.45) is 0 Å². The molecule has 0 unspecified atom stereocenters. The first kappa shape index (κ1) is 20.9. The molecule has 2 amide bonds. The fraction of sp³-hybridized carbons (Fsp3) is 0.167. The lowest BCUT2D eigenvalue weighted by Gasteiger charge is -2.10. The highest BCUT2D eigenvalue weighted by atomic mass is 35.5. The summed E-state index contributed by atoms with van der Waals surface area (Å²) in [5.41, 5.74) is 5.01. The lowest BCUT2D eigenvalue weighted by atomic mass is 10.1. The van der Waals surface area contributed by atoms with Crippen LogP contribution in [-0.2, 0) is 19.6 Å². The Morgan fingerprint density at radius 1 is 0.968 bits per heavy atom. The van der Waals surface area contributed by atoms with Crippen LogP contribution in [-0.4, -0.2) is 18.9 Å². The number of hydrogen-bond donors (Lipinski definition) is 3. The number of rotatable bonds is 6. The van der Waals surface area contributed by atoms with Gasteiger partial charge in [-0.2, -0.15) is 0 Å². The second-order valence-electron chi connectivity index (χ2n) is 7.27. The van der Waals surface area contributed by atoms with E-state index in [4.69, 9.17) is 16.3 Å². The van der Waals surface area contributed by atoms with Gasteiger partial charge in [-0.25, -0.2) is 0 Å². The number of hydrogen-bond acceptors (Lipinski definition) is 4. The number of anilines is 1. The number of nitrogens with one attached hydrogen (secondary N) is 3. The molecule has 0 atom stereocenters. The van der Waals surface area contributed by atoms with Crippen molar-refractivity contribution in [3.05, 3.63) is 93.5 Å². The van der Waals surface area contributed by atoms with Crippen molar-refractivity contribution in [3.8, 4) is 5.75 Å². The molecule has 0 aliphatic carbocycles. The van der Waals surface area contributed by atoms with Gasteiger partial charge >= 0.3 is 0 Å². The molecule has 6 nitrogen and oxygen atoms in total. The molecule has 0 spiro atoms. The largest absolute Gasteiger partial charge is 0.495 e. The summed E-state index contributed by atoms with van der Waals surface area (Å²) in [4.78, 5) is 25.1. The van der Waals surface area contributed by atoms with E-state index in [0.717, 1.165) is 24.3 Å². The average molecular weight is 436 g/mol. The van der Waals surface area contributed by atoms with Crippen LogP contribution in [0.25, 0.3) is 0 Å². The number of halogens is 1.